The van der Waals surface area contributed by atoms with E-state index < -0.39 is 0 Å². The summed E-state index contributed by atoms with van der Waals surface area (Å²) in [7, 11) is 0. The number of fused-ring (bicyclic) bond motifs is 1. The zero-order chi connectivity index (χ0) is 14.7. The Morgan fingerprint density at radius 2 is 2.10 bits per heavy atom. The maximum Gasteiger partial charge on any atom is 0.194 e. The number of hydrogen-bond donors (Lipinski definition) is 1. The highest BCUT2D eigenvalue weighted by molar-refractivity contribution is 5.96. The summed E-state index contributed by atoms with van der Waals surface area (Å²) < 4.78 is 10.8. The number of rotatable bonds is 5. The molecule has 21 heavy (non-hydrogen) atoms. The average molecular weight is 288 g/mol. The number of furan rings is 1. The number of hydrogen-bond acceptors (Lipinski definition) is 5. The molecule has 5 heteroatoms. The fourth-order valence-corrected chi connectivity index (χ4v) is 2.51. The van der Waals surface area contributed by atoms with E-state index in [4.69, 9.17) is 9.15 Å². The first-order valence-electron chi connectivity index (χ1n) is 7.31. The lowest BCUT2D eigenvalue weighted by Crippen LogP contribution is -2.38. The van der Waals surface area contributed by atoms with Gasteiger partial charge in [0.1, 0.15) is 5.58 Å². The highest BCUT2D eigenvalue weighted by Gasteiger charge is 2.10. The first-order chi connectivity index (χ1) is 10.2. The lowest BCUT2D eigenvalue weighted by Gasteiger charge is -2.26. The van der Waals surface area contributed by atoms with Gasteiger partial charge in [-0.05, 0) is 24.3 Å². The van der Waals surface area contributed by atoms with Crippen LogP contribution in [-0.4, -0.2) is 50.1 Å². The standard InChI is InChI=1S/C16H20N2O3/c1-12(19)16-11-13-10-14(2-3-15(13)21-16)17-4-5-18-6-8-20-9-7-18/h2-3,10-11,17H,4-9H2,1H3. The zero-order valence-corrected chi connectivity index (χ0v) is 12.2. The van der Waals surface area contributed by atoms with Gasteiger partial charge in [0.15, 0.2) is 11.5 Å². The van der Waals surface area contributed by atoms with E-state index in [1.165, 1.54) is 6.92 Å². The van der Waals surface area contributed by atoms with Crippen molar-refractivity contribution < 1.29 is 13.9 Å². The van der Waals surface area contributed by atoms with E-state index in [0.717, 1.165) is 56.0 Å². The van der Waals surface area contributed by atoms with Crippen molar-refractivity contribution in [1.29, 1.82) is 0 Å². The predicted octanol–water partition coefficient (Wildman–Crippen LogP) is 2.38. The van der Waals surface area contributed by atoms with Crippen LogP contribution in [0.5, 0.6) is 0 Å². The van der Waals surface area contributed by atoms with E-state index in [0.29, 0.717) is 5.76 Å². The van der Waals surface area contributed by atoms with Gasteiger partial charge in [-0.3, -0.25) is 9.69 Å². The fraction of sp³-hybridized carbons (Fsp3) is 0.438. The van der Waals surface area contributed by atoms with Crippen LogP contribution in [0.4, 0.5) is 5.69 Å². The highest BCUT2D eigenvalue weighted by Crippen LogP contribution is 2.23. The lowest BCUT2D eigenvalue weighted by molar-refractivity contribution is 0.0398. The van der Waals surface area contributed by atoms with Gasteiger partial charge in [0.05, 0.1) is 13.2 Å². The first kappa shape index (κ1) is 14.1. The summed E-state index contributed by atoms with van der Waals surface area (Å²) in [5.41, 5.74) is 1.80. The van der Waals surface area contributed by atoms with E-state index in [1.807, 2.05) is 18.2 Å². The number of carbonyl (C=O) groups is 1. The molecule has 1 aromatic carbocycles. The topological polar surface area (TPSA) is 54.7 Å². The van der Waals surface area contributed by atoms with Crippen LogP contribution in [0.15, 0.2) is 28.7 Å². The summed E-state index contributed by atoms with van der Waals surface area (Å²) in [6, 6.07) is 7.70. The van der Waals surface area contributed by atoms with Crippen LogP contribution in [0.25, 0.3) is 11.0 Å². The molecule has 0 aliphatic carbocycles. The van der Waals surface area contributed by atoms with Crippen molar-refractivity contribution in [2.75, 3.05) is 44.7 Å². The van der Waals surface area contributed by atoms with Crippen molar-refractivity contribution in [3.05, 3.63) is 30.0 Å². The Bertz CT molecular complexity index is 629. The molecular formula is C16H20N2O3. The lowest BCUT2D eigenvalue weighted by atomic mass is 10.2. The molecule has 5 nitrogen and oxygen atoms in total. The number of nitrogens with one attached hydrogen (secondary N) is 1. The van der Waals surface area contributed by atoms with E-state index in [2.05, 4.69) is 10.2 Å². The average Bonchev–Trinajstić information content (AvgIpc) is 2.92. The molecule has 0 spiro atoms. The van der Waals surface area contributed by atoms with Gasteiger partial charge in [-0.2, -0.15) is 0 Å². The Balaban J connectivity index is 1.60. The van der Waals surface area contributed by atoms with Crippen LogP contribution >= 0.6 is 0 Å². The Morgan fingerprint density at radius 3 is 2.86 bits per heavy atom. The molecular weight excluding hydrogens is 268 g/mol. The Labute approximate surface area is 123 Å². The largest absolute Gasteiger partial charge is 0.453 e. The van der Waals surface area contributed by atoms with Crippen molar-refractivity contribution in [3.8, 4) is 0 Å². The number of nitrogens with zero attached hydrogens (tertiary/aromatic N) is 1. The third-order valence-corrected chi connectivity index (χ3v) is 3.72. The third-order valence-electron chi connectivity index (χ3n) is 3.72. The minimum Gasteiger partial charge on any atom is -0.453 e. The summed E-state index contributed by atoms with van der Waals surface area (Å²) in [4.78, 5) is 13.7. The molecule has 0 saturated carbocycles. The van der Waals surface area contributed by atoms with Crippen molar-refractivity contribution in [1.82, 2.24) is 4.90 Å². The SMILES string of the molecule is CC(=O)c1cc2cc(NCCN3CCOCC3)ccc2o1. The van der Waals surface area contributed by atoms with Crippen LogP contribution in [0.1, 0.15) is 17.5 Å². The number of ether oxygens (including phenoxy) is 1. The molecule has 1 N–H and O–H groups in total. The van der Waals surface area contributed by atoms with Crippen molar-refractivity contribution in [3.63, 3.8) is 0 Å². The maximum atomic E-state index is 11.3. The maximum absolute atomic E-state index is 11.3. The molecule has 112 valence electrons. The second-order valence-electron chi connectivity index (χ2n) is 5.30. The minimum atomic E-state index is -0.0481. The van der Waals surface area contributed by atoms with E-state index in [-0.39, 0.29) is 5.78 Å². The number of carbonyl (C=O) groups excluding carboxylic acids is 1. The van der Waals surface area contributed by atoms with Gasteiger partial charge < -0.3 is 14.5 Å². The number of morpholine rings is 1. The highest BCUT2D eigenvalue weighted by atomic mass is 16.5. The molecule has 0 unspecified atom stereocenters. The normalized spacial score (nSPS) is 16.2. The summed E-state index contributed by atoms with van der Waals surface area (Å²) in [5, 5.41) is 4.37. The van der Waals surface area contributed by atoms with Gasteiger partial charge in [0.2, 0.25) is 0 Å². The quantitative estimate of drug-likeness (QED) is 0.856. The number of benzene rings is 1. The van der Waals surface area contributed by atoms with Gasteiger partial charge in [-0.15, -0.1) is 0 Å². The van der Waals surface area contributed by atoms with Crippen LogP contribution in [0.3, 0.4) is 0 Å². The molecule has 2 aromatic rings. The Morgan fingerprint density at radius 1 is 1.29 bits per heavy atom. The van der Waals surface area contributed by atoms with E-state index in [9.17, 15) is 4.79 Å². The molecule has 1 saturated heterocycles. The molecule has 3 rings (SSSR count). The Kier molecular flexibility index (Phi) is 4.22. The Hall–Kier alpha value is -1.85. The second kappa shape index (κ2) is 6.28. The monoisotopic (exact) mass is 288 g/mol. The van der Waals surface area contributed by atoms with E-state index in [1.54, 1.807) is 6.07 Å². The number of Topliss-reactive ketones (excluding diaryl/α,β-unsaturated/α-hetero) is 1. The van der Waals surface area contributed by atoms with Gasteiger partial charge in [-0.1, -0.05) is 0 Å². The van der Waals surface area contributed by atoms with Crippen LogP contribution in [0.2, 0.25) is 0 Å². The molecule has 0 bridgehead atoms. The van der Waals surface area contributed by atoms with Crippen molar-refractivity contribution >= 4 is 22.4 Å². The second-order valence-corrected chi connectivity index (χ2v) is 5.30. The smallest absolute Gasteiger partial charge is 0.194 e. The van der Waals surface area contributed by atoms with Crippen molar-refractivity contribution in [2.24, 2.45) is 0 Å². The number of ketones is 1. The van der Waals surface area contributed by atoms with Crippen LogP contribution in [0, 0.1) is 0 Å². The molecule has 0 amide bonds. The minimum absolute atomic E-state index is 0.0481. The zero-order valence-electron chi connectivity index (χ0n) is 12.2. The number of anilines is 1. The van der Waals surface area contributed by atoms with Gasteiger partial charge in [0, 0.05) is 44.2 Å². The molecule has 2 heterocycles. The molecule has 1 aromatic heterocycles. The summed E-state index contributed by atoms with van der Waals surface area (Å²) in [6.45, 7) is 7.08. The van der Waals surface area contributed by atoms with Crippen LogP contribution in [-0.2, 0) is 4.74 Å². The third kappa shape index (κ3) is 3.43. The molecule has 1 fully saturated rings. The molecule has 1 aliphatic heterocycles. The van der Waals surface area contributed by atoms with Crippen LogP contribution < -0.4 is 5.32 Å². The summed E-state index contributed by atoms with van der Waals surface area (Å²) >= 11 is 0. The van der Waals surface area contributed by atoms with Gasteiger partial charge >= 0.3 is 0 Å². The molecule has 0 radical (unpaired) electrons. The summed E-state index contributed by atoms with van der Waals surface area (Å²) in [6.07, 6.45) is 0. The van der Waals surface area contributed by atoms with Crippen molar-refractivity contribution in [2.45, 2.75) is 6.92 Å². The summed E-state index contributed by atoms with van der Waals surface area (Å²) in [5.74, 6) is 0.364. The molecule has 0 atom stereocenters. The fourth-order valence-electron chi connectivity index (χ4n) is 2.51. The van der Waals surface area contributed by atoms with Gasteiger partial charge in [0.25, 0.3) is 0 Å². The molecule has 1 aliphatic rings. The van der Waals surface area contributed by atoms with Gasteiger partial charge in [-0.25, -0.2) is 0 Å². The first-order valence-corrected chi connectivity index (χ1v) is 7.31. The van der Waals surface area contributed by atoms with E-state index >= 15 is 0 Å². The predicted molar refractivity (Wildman–Crippen MR) is 82.0 cm³/mol.